The van der Waals surface area contributed by atoms with E-state index in [1.165, 1.54) is 5.56 Å². The summed E-state index contributed by atoms with van der Waals surface area (Å²) < 4.78 is 0. The number of rotatable bonds is 2. The first-order valence-corrected chi connectivity index (χ1v) is 6.88. The second-order valence-corrected chi connectivity index (χ2v) is 5.30. The molecule has 2 amide bonds. The van der Waals surface area contributed by atoms with Crippen LogP contribution in [-0.4, -0.2) is 28.8 Å². The molecule has 100 valence electrons. The maximum atomic E-state index is 12.4. The fourth-order valence-corrected chi connectivity index (χ4v) is 3.00. The molecule has 0 bridgehead atoms. The van der Waals surface area contributed by atoms with Gasteiger partial charge in [-0.15, -0.1) is 0 Å². The van der Waals surface area contributed by atoms with Crippen molar-refractivity contribution in [2.24, 2.45) is 0 Å². The molecule has 0 spiro atoms. The van der Waals surface area contributed by atoms with Gasteiger partial charge in [-0.05, 0) is 17.5 Å². The van der Waals surface area contributed by atoms with Gasteiger partial charge in [0, 0.05) is 13.0 Å². The largest absolute Gasteiger partial charge is 0.342 e. The average Bonchev–Trinajstić information content (AvgIpc) is 2.43. The monoisotopic (exact) mass is 258 g/mol. The van der Waals surface area contributed by atoms with E-state index in [0.29, 0.717) is 13.0 Å². The van der Waals surface area contributed by atoms with Crippen molar-refractivity contribution >= 4 is 11.8 Å². The molecule has 0 aliphatic carbocycles. The number of benzene rings is 1. The normalized spacial score (nSPS) is 25.6. The van der Waals surface area contributed by atoms with Gasteiger partial charge in [-0.2, -0.15) is 0 Å². The van der Waals surface area contributed by atoms with Gasteiger partial charge >= 0.3 is 0 Å². The van der Waals surface area contributed by atoms with Crippen LogP contribution in [-0.2, 0) is 22.6 Å². The SMILES string of the molecule is CCC[C@H]1NC(=O)[C@H]2Cc3ccccc3CN2C1=O. The Morgan fingerprint density at radius 3 is 2.74 bits per heavy atom. The van der Waals surface area contributed by atoms with E-state index < -0.39 is 0 Å². The first kappa shape index (κ1) is 12.2. The van der Waals surface area contributed by atoms with Crippen LogP contribution in [0.15, 0.2) is 24.3 Å². The topological polar surface area (TPSA) is 49.4 Å². The van der Waals surface area contributed by atoms with Crippen molar-refractivity contribution < 1.29 is 9.59 Å². The first-order chi connectivity index (χ1) is 9.20. The highest BCUT2D eigenvalue weighted by molar-refractivity contribution is 5.97. The second kappa shape index (κ2) is 4.68. The molecular formula is C15H18N2O2. The minimum atomic E-state index is -0.334. The maximum absolute atomic E-state index is 12.4. The van der Waals surface area contributed by atoms with Gasteiger partial charge in [-0.25, -0.2) is 0 Å². The summed E-state index contributed by atoms with van der Waals surface area (Å²) in [5.41, 5.74) is 2.35. The molecule has 1 fully saturated rings. The molecule has 1 N–H and O–H groups in total. The number of amides is 2. The van der Waals surface area contributed by atoms with Crippen LogP contribution in [0.25, 0.3) is 0 Å². The van der Waals surface area contributed by atoms with Crippen molar-refractivity contribution in [1.82, 2.24) is 10.2 Å². The van der Waals surface area contributed by atoms with Crippen molar-refractivity contribution in [3.8, 4) is 0 Å². The molecule has 2 aliphatic heterocycles. The number of hydrogen-bond donors (Lipinski definition) is 1. The molecule has 1 saturated heterocycles. The number of nitrogens with one attached hydrogen (secondary N) is 1. The molecule has 2 heterocycles. The van der Waals surface area contributed by atoms with Gasteiger partial charge in [0.2, 0.25) is 11.8 Å². The lowest BCUT2D eigenvalue weighted by Crippen LogP contribution is -2.64. The van der Waals surface area contributed by atoms with Crippen LogP contribution in [0.4, 0.5) is 0 Å². The zero-order valence-corrected chi connectivity index (χ0v) is 11.1. The molecule has 19 heavy (non-hydrogen) atoms. The van der Waals surface area contributed by atoms with Crippen LogP contribution >= 0.6 is 0 Å². The van der Waals surface area contributed by atoms with Crippen LogP contribution in [0.1, 0.15) is 30.9 Å². The van der Waals surface area contributed by atoms with Gasteiger partial charge in [0.1, 0.15) is 12.1 Å². The summed E-state index contributed by atoms with van der Waals surface area (Å²) in [5.74, 6) is 0.0634. The van der Waals surface area contributed by atoms with Crippen LogP contribution in [0.2, 0.25) is 0 Å². The number of piperazine rings is 1. The highest BCUT2D eigenvalue weighted by atomic mass is 16.2. The Morgan fingerprint density at radius 1 is 1.26 bits per heavy atom. The summed E-state index contributed by atoms with van der Waals surface area (Å²) in [6.45, 7) is 2.59. The lowest BCUT2D eigenvalue weighted by molar-refractivity contribution is -0.150. The molecule has 4 heteroatoms. The second-order valence-electron chi connectivity index (χ2n) is 5.30. The Morgan fingerprint density at radius 2 is 2.00 bits per heavy atom. The lowest BCUT2D eigenvalue weighted by Gasteiger charge is -2.42. The molecule has 0 radical (unpaired) electrons. The van der Waals surface area contributed by atoms with E-state index in [1.807, 2.05) is 31.2 Å². The molecule has 0 saturated carbocycles. The lowest BCUT2D eigenvalue weighted by atomic mass is 9.90. The van der Waals surface area contributed by atoms with Gasteiger partial charge in [-0.3, -0.25) is 9.59 Å². The zero-order valence-electron chi connectivity index (χ0n) is 11.1. The van der Waals surface area contributed by atoms with Crippen molar-refractivity contribution in [3.63, 3.8) is 0 Å². The highest BCUT2D eigenvalue weighted by Gasteiger charge is 2.42. The minimum absolute atomic E-state index is 0.00690. The maximum Gasteiger partial charge on any atom is 0.246 e. The average molecular weight is 258 g/mol. The summed E-state index contributed by atoms with van der Waals surface area (Å²) >= 11 is 0. The fourth-order valence-electron chi connectivity index (χ4n) is 3.00. The number of hydrogen-bond acceptors (Lipinski definition) is 2. The van der Waals surface area contributed by atoms with Gasteiger partial charge in [-0.1, -0.05) is 37.6 Å². The molecule has 1 aromatic carbocycles. The quantitative estimate of drug-likeness (QED) is 0.867. The van der Waals surface area contributed by atoms with E-state index in [4.69, 9.17) is 0 Å². The number of fused-ring (bicyclic) bond motifs is 2. The summed E-state index contributed by atoms with van der Waals surface area (Å²) in [6, 6.07) is 7.39. The molecule has 4 nitrogen and oxygen atoms in total. The van der Waals surface area contributed by atoms with Crippen LogP contribution in [0.3, 0.4) is 0 Å². The Bertz CT molecular complexity index is 527. The molecule has 2 atom stereocenters. The van der Waals surface area contributed by atoms with Crippen molar-refractivity contribution in [2.45, 2.75) is 44.8 Å². The van der Waals surface area contributed by atoms with Crippen LogP contribution in [0.5, 0.6) is 0 Å². The van der Waals surface area contributed by atoms with Gasteiger partial charge < -0.3 is 10.2 Å². The highest BCUT2D eigenvalue weighted by Crippen LogP contribution is 2.26. The minimum Gasteiger partial charge on any atom is -0.342 e. The van der Waals surface area contributed by atoms with E-state index in [9.17, 15) is 9.59 Å². The Hall–Kier alpha value is -1.84. The Kier molecular flexibility index (Phi) is 3.01. The van der Waals surface area contributed by atoms with E-state index >= 15 is 0 Å². The van der Waals surface area contributed by atoms with Crippen LogP contribution in [0, 0.1) is 0 Å². The summed E-state index contributed by atoms with van der Waals surface area (Å²) in [6.07, 6.45) is 2.24. The summed E-state index contributed by atoms with van der Waals surface area (Å²) in [4.78, 5) is 26.3. The molecule has 0 aromatic heterocycles. The van der Waals surface area contributed by atoms with E-state index in [-0.39, 0.29) is 23.9 Å². The van der Waals surface area contributed by atoms with Crippen LogP contribution < -0.4 is 5.32 Å². The molecule has 2 aliphatic rings. The molecular weight excluding hydrogens is 240 g/mol. The number of carbonyl (C=O) groups excluding carboxylic acids is 2. The predicted molar refractivity (Wildman–Crippen MR) is 71.3 cm³/mol. The first-order valence-electron chi connectivity index (χ1n) is 6.88. The van der Waals surface area contributed by atoms with Gasteiger partial charge in [0.15, 0.2) is 0 Å². The molecule has 3 rings (SSSR count). The number of nitrogens with zero attached hydrogens (tertiary/aromatic N) is 1. The zero-order chi connectivity index (χ0) is 13.4. The van der Waals surface area contributed by atoms with Gasteiger partial charge in [0.25, 0.3) is 0 Å². The standard InChI is InChI=1S/C15H18N2O2/c1-2-5-12-15(19)17-9-11-7-4-3-6-10(11)8-13(17)14(18)16-12/h3-4,6-7,12-13H,2,5,8-9H2,1H3,(H,16,18)/t12-,13-/m1/s1. The third-order valence-electron chi connectivity index (χ3n) is 4.03. The third-order valence-corrected chi connectivity index (χ3v) is 4.03. The third kappa shape index (κ3) is 2.01. The van der Waals surface area contributed by atoms with Crippen molar-refractivity contribution in [1.29, 1.82) is 0 Å². The Balaban J connectivity index is 1.90. The van der Waals surface area contributed by atoms with Crippen molar-refractivity contribution in [3.05, 3.63) is 35.4 Å². The van der Waals surface area contributed by atoms with Crippen molar-refractivity contribution in [2.75, 3.05) is 0 Å². The van der Waals surface area contributed by atoms with Gasteiger partial charge in [0.05, 0.1) is 0 Å². The molecule has 0 unspecified atom stereocenters. The van der Waals surface area contributed by atoms with E-state index in [0.717, 1.165) is 18.4 Å². The molecule has 1 aromatic rings. The summed E-state index contributed by atoms with van der Waals surface area (Å²) in [5, 5.41) is 2.87. The van der Waals surface area contributed by atoms with E-state index in [2.05, 4.69) is 5.32 Å². The summed E-state index contributed by atoms with van der Waals surface area (Å²) in [7, 11) is 0. The predicted octanol–water partition coefficient (Wildman–Crippen LogP) is 1.24. The van der Waals surface area contributed by atoms with E-state index in [1.54, 1.807) is 4.90 Å². The Labute approximate surface area is 112 Å². The fraction of sp³-hybridized carbons (Fsp3) is 0.467. The number of carbonyl (C=O) groups is 2. The smallest absolute Gasteiger partial charge is 0.246 e.